The maximum atomic E-state index is 13.9. The number of nitrogens with one attached hydrogen (secondary N) is 5. The van der Waals surface area contributed by atoms with E-state index in [1.165, 1.54) is 0 Å². The van der Waals surface area contributed by atoms with Crippen LogP contribution in [0.2, 0.25) is 0 Å². The predicted octanol–water partition coefficient (Wildman–Crippen LogP) is -0.378. The molecule has 1 aliphatic carbocycles. The number of hydrogen-bond acceptors (Lipinski definition) is 14. The molecule has 2 fully saturated rings. The highest BCUT2D eigenvalue weighted by Gasteiger charge is 2.31. The van der Waals surface area contributed by atoms with Gasteiger partial charge in [-0.05, 0) is 73.6 Å². The Bertz CT molecular complexity index is 2290. The summed E-state index contributed by atoms with van der Waals surface area (Å²) in [4.78, 5) is 129. The zero-order valence-electron chi connectivity index (χ0n) is 42.4. The number of carbonyl (C=O) groups is 10. The fraction of sp³-hybridized carbons (Fsp3) is 0.592. The number of carboxylic acid groups (broad SMARTS) is 6. The minimum absolute atomic E-state index is 0.00979. The third-order valence-corrected chi connectivity index (χ3v) is 13.0. The quantitative estimate of drug-likeness (QED) is 0.0508. The second-order valence-corrected chi connectivity index (χ2v) is 18.8. The molecule has 1 saturated heterocycles. The molecule has 11 N–H and O–H groups in total. The van der Waals surface area contributed by atoms with Crippen molar-refractivity contribution in [1.82, 2.24) is 46.2 Å². The normalized spacial score (nSPS) is 18.9. The Balaban J connectivity index is 1.32. The molecule has 0 radical (unpaired) electrons. The van der Waals surface area contributed by atoms with Gasteiger partial charge in [-0.3, -0.25) is 53.2 Å². The average molecular weight is 1040 g/mol. The van der Waals surface area contributed by atoms with Crippen molar-refractivity contribution < 1.29 is 80.0 Å². The number of benzene rings is 2. The molecule has 1 heterocycles. The van der Waals surface area contributed by atoms with Crippen LogP contribution in [0.3, 0.4) is 0 Å². The monoisotopic (exact) mass is 1040 g/mol. The van der Waals surface area contributed by atoms with Gasteiger partial charge in [0, 0.05) is 84.2 Å². The van der Waals surface area contributed by atoms with E-state index in [4.69, 9.17) is 6.48 Å². The zero-order valence-corrected chi connectivity index (χ0v) is 41.4. The van der Waals surface area contributed by atoms with E-state index in [9.17, 15) is 73.5 Å². The van der Waals surface area contributed by atoms with E-state index < -0.39 is 84.6 Å². The lowest BCUT2D eigenvalue weighted by molar-refractivity contribution is -0.141. The molecule has 1 saturated carbocycles. The molecule has 1 aliphatic heterocycles. The fourth-order valence-electron chi connectivity index (χ4n) is 8.89. The second kappa shape index (κ2) is 30.9. The SMILES string of the molecule is [3H]c1cc2ccccc2cc1C[C@H](NC(=O)C1CCC(CNC(=O)CN2CCN(CC(=O)O)CCN(CC(=O)O)CCN(CC(=O)O)CC2)CC1)C(=O)NCCCC[C@H](NC(=O)N[C@@H](CCC(=O)O)C(=O)O)C(=O)O. The van der Waals surface area contributed by atoms with Gasteiger partial charge >= 0.3 is 41.8 Å². The minimum Gasteiger partial charge on any atom is -0.481 e. The fourth-order valence-corrected chi connectivity index (χ4v) is 8.89. The molecule has 5 amide bonds. The van der Waals surface area contributed by atoms with Crippen LogP contribution < -0.4 is 26.6 Å². The Morgan fingerprint density at radius 3 is 1.57 bits per heavy atom. The smallest absolute Gasteiger partial charge is 0.326 e. The van der Waals surface area contributed by atoms with Gasteiger partial charge in [-0.2, -0.15) is 0 Å². The van der Waals surface area contributed by atoms with Crippen LogP contribution in [0.4, 0.5) is 4.79 Å². The molecule has 2 aromatic rings. The van der Waals surface area contributed by atoms with Crippen LogP contribution >= 0.6 is 0 Å². The summed E-state index contributed by atoms with van der Waals surface area (Å²) in [5.74, 6) is -8.95. The molecule has 2 aromatic carbocycles. The number of unbranched alkanes of at least 4 members (excludes halogenated alkanes) is 1. The van der Waals surface area contributed by atoms with Crippen molar-refractivity contribution in [2.75, 3.05) is 91.6 Å². The van der Waals surface area contributed by atoms with E-state index in [1.54, 1.807) is 26.8 Å². The van der Waals surface area contributed by atoms with Gasteiger partial charge in [0.15, 0.2) is 0 Å². The second-order valence-electron chi connectivity index (χ2n) is 18.8. The standard InChI is InChI=1S/C49H71N9O16/c59-40(28-55-17-19-56(29-42(62)63)21-23-58(31-44(66)67)24-22-57(20-18-55)30-43(64)65)51-27-32-8-12-35(13-9-32)45(68)52-39(26-33-10-11-34-5-1-2-6-36(34)25-33)46(69)50-16-4-3-7-37(47(70)71)53-49(74)54-38(48(72)73)14-15-41(60)61/h1-2,5-6,10-11,25,32,35,37-39H,3-4,7-9,12-24,26-31H2,(H,50,69)(H,51,59)(H,52,68)(H,60,61)(H,62,63)(H,64,65)(H,66,67)(H,70,71)(H,72,73)(H2,53,54,74)/t32?,35?,37-,38-,39-/m0/s1/i10T. The van der Waals surface area contributed by atoms with Gasteiger partial charge in [-0.1, -0.05) is 42.4 Å². The van der Waals surface area contributed by atoms with Crippen LogP contribution in [-0.2, 0) is 49.6 Å². The highest BCUT2D eigenvalue weighted by Crippen LogP contribution is 2.29. The molecule has 0 bridgehead atoms. The zero-order chi connectivity index (χ0) is 55.0. The van der Waals surface area contributed by atoms with Gasteiger partial charge in [-0.15, -0.1) is 0 Å². The van der Waals surface area contributed by atoms with Crippen molar-refractivity contribution >= 4 is 70.3 Å². The summed E-state index contributed by atoms with van der Waals surface area (Å²) in [5, 5.41) is 71.0. The van der Waals surface area contributed by atoms with Gasteiger partial charge in [0.25, 0.3) is 0 Å². The largest absolute Gasteiger partial charge is 0.481 e. The Morgan fingerprint density at radius 2 is 1.07 bits per heavy atom. The van der Waals surface area contributed by atoms with E-state index in [2.05, 4.69) is 26.6 Å². The minimum atomic E-state index is -1.56. The number of aliphatic carboxylic acids is 6. The molecular formula is C49H71N9O16. The first-order valence-electron chi connectivity index (χ1n) is 25.3. The number of carbonyl (C=O) groups excluding carboxylic acids is 4. The lowest BCUT2D eigenvalue weighted by Crippen LogP contribution is -2.51. The van der Waals surface area contributed by atoms with E-state index in [0.29, 0.717) is 37.8 Å². The number of carboxylic acids is 6. The molecule has 408 valence electrons. The third kappa shape index (κ3) is 22.4. The highest BCUT2D eigenvalue weighted by atomic mass is 16.4. The number of rotatable bonds is 27. The number of amides is 5. The van der Waals surface area contributed by atoms with Gasteiger partial charge in [0.1, 0.15) is 18.1 Å². The summed E-state index contributed by atoms with van der Waals surface area (Å²) in [6.07, 6.45) is 1.48. The maximum absolute atomic E-state index is 13.9. The molecule has 0 aromatic heterocycles. The maximum Gasteiger partial charge on any atom is 0.326 e. The summed E-state index contributed by atoms with van der Waals surface area (Å²) in [5.41, 5.74) is 0.516. The van der Waals surface area contributed by atoms with Crippen molar-refractivity contribution in [3.63, 3.8) is 0 Å². The summed E-state index contributed by atoms with van der Waals surface area (Å²) in [7, 11) is 0. The summed E-state index contributed by atoms with van der Waals surface area (Å²) in [6, 6.07) is 5.86. The predicted molar refractivity (Wildman–Crippen MR) is 265 cm³/mol. The number of hydrogen-bond donors (Lipinski definition) is 11. The van der Waals surface area contributed by atoms with Gasteiger partial charge < -0.3 is 57.2 Å². The van der Waals surface area contributed by atoms with E-state index in [1.807, 2.05) is 29.2 Å². The van der Waals surface area contributed by atoms with Crippen molar-refractivity contribution in [3.8, 4) is 0 Å². The molecule has 0 unspecified atom stereocenters. The van der Waals surface area contributed by atoms with Crippen molar-refractivity contribution in [2.45, 2.75) is 82.3 Å². The third-order valence-electron chi connectivity index (χ3n) is 13.0. The van der Waals surface area contributed by atoms with Crippen LogP contribution in [0.5, 0.6) is 0 Å². The Hall–Kier alpha value is -6.96. The molecule has 4 rings (SSSR count). The molecule has 25 nitrogen and oxygen atoms in total. The molecule has 0 spiro atoms. The lowest BCUT2D eigenvalue weighted by Gasteiger charge is -2.33. The van der Waals surface area contributed by atoms with E-state index in [-0.39, 0.29) is 135 Å². The summed E-state index contributed by atoms with van der Waals surface area (Å²) >= 11 is 0. The first kappa shape index (κ1) is 57.9. The number of fused-ring (bicyclic) bond motifs is 1. The molecule has 3 atom stereocenters. The Kier molecular flexibility index (Phi) is 24.2. The molecule has 2 aliphatic rings. The van der Waals surface area contributed by atoms with Crippen molar-refractivity contribution in [2.24, 2.45) is 11.8 Å². The Morgan fingerprint density at radius 1 is 0.568 bits per heavy atom. The number of urea groups is 1. The topological polar surface area (TPSA) is 365 Å². The van der Waals surface area contributed by atoms with Crippen LogP contribution in [0.1, 0.15) is 64.7 Å². The number of nitrogens with zero attached hydrogens (tertiary/aromatic N) is 4. The Labute approximate surface area is 429 Å². The van der Waals surface area contributed by atoms with Crippen LogP contribution in [-0.4, -0.2) is 220 Å². The van der Waals surface area contributed by atoms with Crippen LogP contribution in [0.15, 0.2) is 42.4 Å². The summed E-state index contributed by atoms with van der Waals surface area (Å²) < 4.78 is 8.70. The van der Waals surface area contributed by atoms with Gasteiger partial charge in [-0.25, -0.2) is 14.4 Å². The summed E-state index contributed by atoms with van der Waals surface area (Å²) in [6.45, 7) is 1.55. The van der Waals surface area contributed by atoms with E-state index >= 15 is 0 Å². The van der Waals surface area contributed by atoms with Crippen LogP contribution in [0, 0.1) is 11.8 Å². The van der Waals surface area contributed by atoms with Crippen molar-refractivity contribution in [3.05, 3.63) is 48.0 Å². The molecule has 25 heteroatoms. The van der Waals surface area contributed by atoms with Gasteiger partial charge in [0.05, 0.1) is 27.5 Å². The first-order valence-corrected chi connectivity index (χ1v) is 24.8. The van der Waals surface area contributed by atoms with Gasteiger partial charge in [0.2, 0.25) is 17.7 Å². The van der Waals surface area contributed by atoms with E-state index in [0.717, 1.165) is 10.8 Å². The molecule has 74 heavy (non-hydrogen) atoms. The molecular weight excluding hydrogens is 971 g/mol. The highest BCUT2D eigenvalue weighted by molar-refractivity contribution is 5.90. The average Bonchev–Trinajstić information content (AvgIpc) is 3.34. The van der Waals surface area contributed by atoms with Crippen molar-refractivity contribution in [1.29, 1.82) is 0 Å². The first-order chi connectivity index (χ1) is 35.6. The lowest BCUT2D eigenvalue weighted by atomic mass is 9.81. The van der Waals surface area contributed by atoms with Crippen LogP contribution in [0.25, 0.3) is 10.8 Å².